The summed E-state index contributed by atoms with van der Waals surface area (Å²) in [6.45, 7) is 2.64. The normalized spacial score (nSPS) is 32.9. The third kappa shape index (κ3) is 8.35. The molecule has 3 aliphatic heterocycles. The van der Waals surface area contributed by atoms with Crippen LogP contribution in [-0.2, 0) is 60.4 Å². The predicted molar refractivity (Wildman–Crippen MR) is 204 cm³/mol. The van der Waals surface area contributed by atoms with E-state index >= 15 is 4.39 Å². The van der Waals surface area contributed by atoms with Gasteiger partial charge in [-0.05, 0) is 18.1 Å². The second kappa shape index (κ2) is 15.3. The molecule has 4 aromatic rings. The number of fused-ring (bicyclic) bond motifs is 5. The van der Waals surface area contributed by atoms with E-state index in [0.29, 0.717) is 0 Å². The number of ether oxygens (including phenoxy) is 2. The van der Waals surface area contributed by atoms with Crippen LogP contribution in [0.5, 0.6) is 0 Å². The number of anilines is 2. The van der Waals surface area contributed by atoms with Crippen LogP contribution in [0, 0.1) is 5.92 Å². The van der Waals surface area contributed by atoms with Gasteiger partial charge in [0.05, 0.1) is 19.5 Å². The summed E-state index contributed by atoms with van der Waals surface area (Å²) in [6, 6.07) is 0. The van der Waals surface area contributed by atoms with Crippen molar-refractivity contribution in [2.75, 3.05) is 24.3 Å². The van der Waals surface area contributed by atoms with Gasteiger partial charge in [-0.25, -0.2) is 19.3 Å². The molecule has 0 spiro atoms. The Labute approximate surface area is 334 Å². The first-order chi connectivity index (χ1) is 26.6. The molecule has 2 bridgehead atoms. The van der Waals surface area contributed by atoms with Gasteiger partial charge in [0.25, 0.3) is 5.56 Å². The number of hydrogen-bond donors (Lipinski definition) is 3. The summed E-state index contributed by atoms with van der Waals surface area (Å²) in [7, 11) is -2.77. The summed E-state index contributed by atoms with van der Waals surface area (Å²) in [5, 5.41) is 10.00. The van der Waals surface area contributed by atoms with E-state index in [1.807, 2.05) is 33.9 Å². The number of carbonyl (C=O) groups is 1. The van der Waals surface area contributed by atoms with Crippen LogP contribution in [0.2, 0.25) is 18.1 Å². The van der Waals surface area contributed by atoms with Gasteiger partial charge < -0.3 is 47.5 Å². The van der Waals surface area contributed by atoms with Gasteiger partial charge in [-0.3, -0.25) is 24.5 Å². The summed E-state index contributed by atoms with van der Waals surface area (Å²) in [4.78, 5) is 72.8. The highest BCUT2D eigenvalue weighted by Crippen LogP contribution is 2.53. The summed E-state index contributed by atoms with van der Waals surface area (Å²) in [6.07, 6.45) is -9.66. The maximum atomic E-state index is 16.4. The van der Waals surface area contributed by atoms with E-state index in [2.05, 4.69) is 40.5 Å². The molecule has 0 aromatic carbocycles. The van der Waals surface area contributed by atoms with Gasteiger partial charge >= 0.3 is 0 Å². The average molecular weight is 892 g/mol. The minimum atomic E-state index is -4.62. The smallest absolute Gasteiger partial charge is 0.280 e. The Balaban J connectivity index is 1.27. The number of nitrogens with one attached hydrogen (secondary N) is 2. The number of aromatic amines is 1. The molecule has 0 saturated carbocycles. The van der Waals surface area contributed by atoms with E-state index in [0.717, 1.165) is 11.0 Å². The van der Waals surface area contributed by atoms with Crippen LogP contribution in [-0.4, -0.2) is 109 Å². The summed E-state index contributed by atoms with van der Waals surface area (Å²) >= 11 is 10.7. The molecule has 57 heavy (non-hydrogen) atoms. The van der Waals surface area contributed by atoms with Gasteiger partial charge in [0, 0.05) is 5.92 Å². The largest absolute Gasteiger partial charge is 0.780 e. The van der Waals surface area contributed by atoms with E-state index in [9.17, 15) is 19.4 Å². The van der Waals surface area contributed by atoms with E-state index in [1.54, 1.807) is 13.8 Å². The molecule has 1 amide bonds. The van der Waals surface area contributed by atoms with Gasteiger partial charge in [-0.15, -0.1) is 5.10 Å². The molecule has 3 saturated heterocycles. The minimum absolute atomic E-state index is 0.0189. The first kappa shape index (κ1) is 42.3. The monoisotopic (exact) mass is 891 g/mol. The molecule has 312 valence electrons. The van der Waals surface area contributed by atoms with Crippen molar-refractivity contribution in [2.45, 2.75) is 102 Å². The Kier molecular flexibility index (Phi) is 11.4. The number of alkyl halides is 1. The molecule has 2 unspecified atom stereocenters. The van der Waals surface area contributed by atoms with E-state index in [-0.39, 0.29) is 39.1 Å². The SMILES string of the molecule is CC(C)C(=O)Nc1nc2c(ncn2[C@@H]2O[C@@H]3COP([O-])(=S)O[C@H]4[C@H](F)[C@H](n5nnc6c(N)ncnc65)O[C@@H]4COP([O-])(=S)O[C@H]2[C@@H]3O[Si](C)(C)C(C)(C)C)c(=O)[nH]1. The second-order valence-electron chi connectivity index (χ2n) is 15.4. The van der Waals surface area contributed by atoms with Crippen LogP contribution in [0.1, 0.15) is 47.1 Å². The number of nitrogens with zero attached hydrogens (tertiary/aromatic N) is 8. The number of amides is 1. The number of nitrogens with two attached hydrogens (primary N) is 1. The predicted octanol–water partition coefficient (Wildman–Crippen LogP) is 1.04. The van der Waals surface area contributed by atoms with Crippen molar-refractivity contribution in [2.24, 2.45) is 5.92 Å². The molecule has 0 radical (unpaired) electrons. The van der Waals surface area contributed by atoms with Crippen LogP contribution in [0.25, 0.3) is 22.3 Å². The molecule has 7 rings (SSSR count). The molecule has 0 aliphatic carbocycles. The Morgan fingerprint density at radius 2 is 1.70 bits per heavy atom. The molecule has 7 heterocycles. The quantitative estimate of drug-likeness (QED) is 0.180. The van der Waals surface area contributed by atoms with Crippen LogP contribution in [0.15, 0.2) is 17.4 Å². The number of aromatic nitrogens is 9. The number of nitrogen functional groups attached to an aromatic ring is 1. The minimum Gasteiger partial charge on any atom is -0.780 e. The van der Waals surface area contributed by atoms with Gasteiger partial charge in [0.15, 0.2) is 55.1 Å². The van der Waals surface area contributed by atoms with Gasteiger partial charge in [-0.2, -0.15) is 9.67 Å². The second-order valence-corrected chi connectivity index (χ2v) is 25.6. The fourth-order valence-electron chi connectivity index (χ4n) is 6.06. The molecule has 4 aromatic heterocycles. The number of hydrogen-bond acceptors (Lipinski definition) is 20. The third-order valence-corrected chi connectivity index (χ3v) is 17.6. The lowest BCUT2D eigenvalue weighted by molar-refractivity contribution is -0.221. The molecular formula is C29H40FN11O11P2S2Si-2. The van der Waals surface area contributed by atoms with Crippen molar-refractivity contribution in [1.82, 2.24) is 44.5 Å². The lowest BCUT2D eigenvalue weighted by Crippen LogP contribution is -2.50. The van der Waals surface area contributed by atoms with Crippen molar-refractivity contribution < 1.29 is 51.0 Å². The average Bonchev–Trinajstić information content (AvgIpc) is 3.87. The number of rotatable bonds is 6. The Bertz CT molecular complexity index is 2350. The van der Waals surface area contributed by atoms with Crippen LogP contribution in [0.4, 0.5) is 16.2 Å². The molecule has 3 fully saturated rings. The van der Waals surface area contributed by atoms with E-state index < -0.39 is 102 Å². The highest BCUT2D eigenvalue weighted by Gasteiger charge is 2.54. The summed E-state index contributed by atoms with van der Waals surface area (Å²) in [5.74, 6) is -1.06. The van der Waals surface area contributed by atoms with Crippen molar-refractivity contribution in [3.63, 3.8) is 0 Å². The molecule has 4 N–H and O–H groups in total. The zero-order chi connectivity index (χ0) is 41.4. The molecule has 10 atom stereocenters. The highest BCUT2D eigenvalue weighted by molar-refractivity contribution is 8.06. The fourth-order valence-corrected chi connectivity index (χ4v) is 10.2. The molecule has 22 nitrogen and oxygen atoms in total. The third-order valence-electron chi connectivity index (χ3n) is 10.1. The van der Waals surface area contributed by atoms with Crippen molar-refractivity contribution in [3.8, 4) is 0 Å². The fraction of sp³-hybridized carbons (Fsp3) is 0.655. The van der Waals surface area contributed by atoms with Gasteiger partial charge in [0.1, 0.15) is 50.3 Å². The van der Waals surface area contributed by atoms with Crippen molar-refractivity contribution >= 4 is 85.4 Å². The summed E-state index contributed by atoms with van der Waals surface area (Å²) < 4.78 is 61.0. The first-order valence-corrected chi connectivity index (χ1v) is 25.6. The highest BCUT2D eigenvalue weighted by atomic mass is 32.5. The van der Waals surface area contributed by atoms with Crippen LogP contribution >= 0.6 is 13.4 Å². The van der Waals surface area contributed by atoms with Gasteiger partial charge in [-0.1, -0.05) is 63.4 Å². The molecule has 28 heteroatoms. The topological polar surface area (TPSA) is 286 Å². The standard InChI is InChI=1S/C29H42FN11O11P2S2Si/c1-12(2)24(42)36-28-35-23-17(25(43)37-28)34-11-40(23)27-20-19(52-57(6,7)29(3,4)5)14(49-27)9-47-53(44,55)50-18-13(8-46-54(45,56)51-20)48-26(15(18)30)41-22-16(38-39-41)21(31)32-10-33-22/h10-15,18-20,26-27H,8-9H2,1-7H3,(H,44,55)(H,45,56)(H2,31,32,33)(H2,35,36,37,42,43)/p-2/t13-,14-,15+,18-,19-,20+,26-,27-,53?,54?/m1/s1. The van der Waals surface area contributed by atoms with Gasteiger partial charge in [0.2, 0.25) is 11.9 Å². The number of H-pyrrole nitrogens is 1. The number of halogens is 1. The number of imidazole rings is 1. The lowest BCUT2D eigenvalue weighted by Gasteiger charge is -2.42. The Hall–Kier alpha value is -2.81. The van der Waals surface area contributed by atoms with Crippen molar-refractivity contribution in [1.29, 1.82) is 0 Å². The van der Waals surface area contributed by atoms with Crippen LogP contribution < -0.4 is 26.4 Å². The zero-order valence-corrected chi connectivity index (χ0v) is 35.9. The Morgan fingerprint density at radius 1 is 1.05 bits per heavy atom. The molecular weight excluding hydrogens is 852 g/mol. The van der Waals surface area contributed by atoms with Crippen LogP contribution in [0.3, 0.4) is 0 Å². The maximum Gasteiger partial charge on any atom is 0.280 e. The summed E-state index contributed by atoms with van der Waals surface area (Å²) in [5.41, 5.74) is 5.09. The lowest BCUT2D eigenvalue weighted by atomic mass is 10.1. The maximum absolute atomic E-state index is 16.4. The Morgan fingerprint density at radius 3 is 2.37 bits per heavy atom. The first-order valence-electron chi connectivity index (χ1n) is 17.6. The molecule has 3 aliphatic rings. The number of carbonyl (C=O) groups excluding carboxylic acids is 1. The zero-order valence-electron chi connectivity index (χ0n) is 31.5. The van der Waals surface area contributed by atoms with Crippen molar-refractivity contribution in [3.05, 3.63) is 23.0 Å². The van der Waals surface area contributed by atoms with E-state index in [4.69, 9.17) is 61.3 Å². The van der Waals surface area contributed by atoms with E-state index in [1.165, 1.54) is 10.9 Å².